The Morgan fingerprint density at radius 3 is 2.52 bits per heavy atom. The summed E-state index contributed by atoms with van der Waals surface area (Å²) in [6.07, 6.45) is 0.932. The average molecular weight is 372 g/mol. The second kappa shape index (κ2) is 7.43. The van der Waals surface area contributed by atoms with Gasteiger partial charge in [0.25, 0.3) is 5.69 Å². The molecule has 0 amide bonds. The largest absolute Gasteiger partial charge is 0.489 e. The molecule has 2 rings (SSSR count). The molecule has 0 unspecified atom stereocenters. The molecule has 0 saturated carbocycles. The summed E-state index contributed by atoms with van der Waals surface area (Å²) in [5.74, 6) is -1.73. The molecule has 0 aliphatic heterocycles. The number of hydrogen-bond acceptors (Lipinski definition) is 6. The predicted octanol–water partition coefficient (Wildman–Crippen LogP) is 2.77. The van der Waals surface area contributed by atoms with Crippen LogP contribution in [0.1, 0.15) is 0 Å². The first kappa shape index (κ1) is 18.6. The lowest BCUT2D eigenvalue weighted by atomic mass is 10.3. The second-order valence-electron chi connectivity index (χ2n) is 5.06. The van der Waals surface area contributed by atoms with Crippen LogP contribution in [0.4, 0.5) is 20.2 Å². The van der Waals surface area contributed by atoms with Gasteiger partial charge in [-0.1, -0.05) is 0 Å². The molecule has 25 heavy (non-hydrogen) atoms. The van der Waals surface area contributed by atoms with Crippen LogP contribution in [-0.2, 0) is 9.84 Å². The number of anilines is 1. The molecule has 134 valence electrons. The van der Waals surface area contributed by atoms with E-state index in [2.05, 4.69) is 5.32 Å². The minimum atomic E-state index is -3.70. The van der Waals surface area contributed by atoms with Crippen molar-refractivity contribution in [2.75, 3.05) is 24.7 Å². The van der Waals surface area contributed by atoms with E-state index >= 15 is 0 Å². The van der Waals surface area contributed by atoms with E-state index in [0.29, 0.717) is 6.07 Å². The first-order valence-electron chi connectivity index (χ1n) is 6.98. The number of nitro groups is 1. The van der Waals surface area contributed by atoms with Gasteiger partial charge in [-0.15, -0.1) is 0 Å². The molecule has 0 heterocycles. The Kier molecular flexibility index (Phi) is 5.52. The molecule has 0 aliphatic rings. The molecule has 0 spiro atoms. The Labute approximate surface area is 142 Å². The standard InChI is InChI=1S/C15H14F2N2O5S/c1-25(22,23)15-9-11(19(20)21)3-4-13(15)18-6-7-24-14-5-2-10(16)8-12(14)17/h2-5,8-9,18H,6-7H2,1H3. The van der Waals surface area contributed by atoms with Gasteiger partial charge in [0.15, 0.2) is 21.4 Å². The zero-order valence-electron chi connectivity index (χ0n) is 13.0. The fourth-order valence-corrected chi connectivity index (χ4v) is 2.89. The highest BCUT2D eigenvalue weighted by Crippen LogP contribution is 2.26. The van der Waals surface area contributed by atoms with Crippen LogP contribution in [0.5, 0.6) is 5.75 Å². The van der Waals surface area contributed by atoms with Crippen LogP contribution in [0, 0.1) is 21.7 Å². The fraction of sp³-hybridized carbons (Fsp3) is 0.200. The summed E-state index contributed by atoms with van der Waals surface area (Å²) in [5.41, 5.74) is -0.188. The van der Waals surface area contributed by atoms with Crippen molar-refractivity contribution in [1.29, 1.82) is 0 Å². The van der Waals surface area contributed by atoms with Crippen molar-refractivity contribution >= 4 is 21.2 Å². The summed E-state index contributed by atoms with van der Waals surface area (Å²) >= 11 is 0. The summed E-state index contributed by atoms with van der Waals surface area (Å²) in [5, 5.41) is 13.5. The smallest absolute Gasteiger partial charge is 0.270 e. The molecule has 2 aromatic rings. The molecule has 0 aliphatic carbocycles. The van der Waals surface area contributed by atoms with Gasteiger partial charge in [-0.25, -0.2) is 17.2 Å². The molecule has 0 aromatic heterocycles. The van der Waals surface area contributed by atoms with Gasteiger partial charge in [0, 0.05) is 31.0 Å². The van der Waals surface area contributed by atoms with Gasteiger partial charge < -0.3 is 10.1 Å². The number of nitro benzene ring substituents is 1. The first-order chi connectivity index (χ1) is 11.7. The molecule has 0 bridgehead atoms. The Hall–Kier alpha value is -2.75. The Morgan fingerprint density at radius 2 is 1.92 bits per heavy atom. The van der Waals surface area contributed by atoms with Crippen molar-refractivity contribution in [3.8, 4) is 5.75 Å². The third-order valence-corrected chi connectivity index (χ3v) is 4.28. The van der Waals surface area contributed by atoms with Crippen LogP contribution in [0.15, 0.2) is 41.3 Å². The van der Waals surface area contributed by atoms with Crippen LogP contribution < -0.4 is 10.1 Å². The van der Waals surface area contributed by atoms with Gasteiger partial charge in [-0.2, -0.15) is 0 Å². The fourth-order valence-electron chi connectivity index (χ4n) is 2.02. The van der Waals surface area contributed by atoms with Gasteiger partial charge in [0.05, 0.1) is 15.5 Å². The molecule has 2 aromatic carbocycles. The van der Waals surface area contributed by atoms with Gasteiger partial charge in [-0.3, -0.25) is 10.1 Å². The third kappa shape index (κ3) is 4.86. The van der Waals surface area contributed by atoms with E-state index in [1.54, 1.807) is 0 Å². The van der Waals surface area contributed by atoms with Crippen molar-refractivity contribution in [3.63, 3.8) is 0 Å². The summed E-state index contributed by atoms with van der Waals surface area (Å²) in [4.78, 5) is 9.85. The van der Waals surface area contributed by atoms with Crippen LogP contribution in [0.3, 0.4) is 0 Å². The van der Waals surface area contributed by atoms with Crippen LogP contribution in [0.2, 0.25) is 0 Å². The third-order valence-electron chi connectivity index (χ3n) is 3.14. The van der Waals surface area contributed by atoms with Crippen molar-refractivity contribution in [3.05, 3.63) is 58.1 Å². The maximum Gasteiger partial charge on any atom is 0.270 e. The van der Waals surface area contributed by atoms with Crippen LogP contribution >= 0.6 is 0 Å². The Balaban J connectivity index is 2.06. The minimum Gasteiger partial charge on any atom is -0.489 e. The van der Waals surface area contributed by atoms with Crippen LogP contribution in [0.25, 0.3) is 0 Å². The number of ether oxygens (including phenoxy) is 1. The zero-order chi connectivity index (χ0) is 18.6. The predicted molar refractivity (Wildman–Crippen MR) is 86.5 cm³/mol. The molecule has 0 saturated heterocycles. The van der Waals surface area contributed by atoms with Gasteiger partial charge in [0.2, 0.25) is 0 Å². The van der Waals surface area contributed by atoms with Crippen LogP contribution in [-0.4, -0.2) is 32.7 Å². The van der Waals surface area contributed by atoms with Crippen molar-refractivity contribution < 1.29 is 26.9 Å². The zero-order valence-corrected chi connectivity index (χ0v) is 13.8. The summed E-state index contributed by atoms with van der Waals surface area (Å²) in [7, 11) is -3.70. The molecule has 0 fully saturated rings. The molecule has 10 heteroatoms. The molecule has 0 radical (unpaired) electrons. The second-order valence-corrected chi connectivity index (χ2v) is 7.04. The van der Waals surface area contributed by atoms with E-state index in [0.717, 1.165) is 30.5 Å². The highest BCUT2D eigenvalue weighted by molar-refractivity contribution is 7.90. The molecule has 1 N–H and O–H groups in total. The van der Waals surface area contributed by atoms with Crippen molar-refractivity contribution in [1.82, 2.24) is 0 Å². The summed E-state index contributed by atoms with van der Waals surface area (Å²) in [6.45, 7) is 0.0554. The van der Waals surface area contributed by atoms with E-state index in [1.807, 2.05) is 0 Å². The van der Waals surface area contributed by atoms with E-state index in [-0.39, 0.29) is 35.2 Å². The monoisotopic (exact) mass is 372 g/mol. The SMILES string of the molecule is CS(=O)(=O)c1cc([N+](=O)[O-])ccc1NCCOc1ccc(F)cc1F. The lowest BCUT2D eigenvalue weighted by Crippen LogP contribution is -2.14. The quantitative estimate of drug-likeness (QED) is 0.456. The number of non-ortho nitro benzene ring substituents is 1. The topological polar surface area (TPSA) is 98.5 Å². The Morgan fingerprint density at radius 1 is 1.20 bits per heavy atom. The normalized spacial score (nSPS) is 11.2. The maximum absolute atomic E-state index is 13.4. The maximum atomic E-state index is 13.4. The summed E-state index contributed by atoms with van der Waals surface area (Å²) in [6, 6.07) is 6.26. The van der Waals surface area contributed by atoms with E-state index in [9.17, 15) is 27.3 Å². The minimum absolute atomic E-state index is 0.0389. The number of halogens is 2. The Bertz CT molecular complexity index is 903. The van der Waals surface area contributed by atoms with E-state index in [4.69, 9.17) is 4.74 Å². The highest BCUT2D eigenvalue weighted by atomic mass is 32.2. The van der Waals surface area contributed by atoms with Crippen molar-refractivity contribution in [2.45, 2.75) is 4.90 Å². The van der Waals surface area contributed by atoms with E-state index in [1.165, 1.54) is 6.07 Å². The number of nitrogens with one attached hydrogen (secondary N) is 1. The van der Waals surface area contributed by atoms with E-state index < -0.39 is 26.4 Å². The first-order valence-corrected chi connectivity index (χ1v) is 8.88. The van der Waals surface area contributed by atoms with Crippen molar-refractivity contribution in [2.24, 2.45) is 0 Å². The lowest BCUT2D eigenvalue weighted by molar-refractivity contribution is -0.385. The van der Waals surface area contributed by atoms with Gasteiger partial charge in [-0.05, 0) is 18.2 Å². The number of sulfone groups is 1. The number of hydrogen-bond donors (Lipinski definition) is 1. The lowest BCUT2D eigenvalue weighted by Gasteiger charge is -2.12. The molecule has 7 nitrogen and oxygen atoms in total. The highest BCUT2D eigenvalue weighted by Gasteiger charge is 2.18. The number of nitrogens with zero attached hydrogens (tertiary/aromatic N) is 1. The number of rotatable bonds is 7. The average Bonchev–Trinajstić information content (AvgIpc) is 2.52. The number of benzene rings is 2. The molecular weight excluding hydrogens is 358 g/mol. The molecule has 0 atom stereocenters. The van der Waals surface area contributed by atoms with Gasteiger partial charge >= 0.3 is 0 Å². The summed E-state index contributed by atoms with van der Waals surface area (Å²) < 4.78 is 54.9. The molecular formula is C15H14F2N2O5S. The van der Waals surface area contributed by atoms with Gasteiger partial charge in [0.1, 0.15) is 12.4 Å².